The summed E-state index contributed by atoms with van der Waals surface area (Å²) < 4.78 is 60.0. The molecule has 10 heterocycles. The van der Waals surface area contributed by atoms with Gasteiger partial charge in [0.15, 0.2) is 5.79 Å². The first-order valence-corrected chi connectivity index (χ1v) is 20.2. The van der Waals surface area contributed by atoms with E-state index in [1.807, 2.05) is 0 Å². The normalized spacial score (nSPS) is 52.4. The molecule has 1 spiro atoms. The number of aliphatic hydroxyl groups is 1. The lowest BCUT2D eigenvalue weighted by molar-refractivity contribution is -0.292. The Morgan fingerprint density at radius 1 is 0.808 bits per heavy atom. The summed E-state index contributed by atoms with van der Waals surface area (Å²) >= 11 is 0. The lowest BCUT2D eigenvalue weighted by atomic mass is 9.81. The van der Waals surface area contributed by atoms with Crippen molar-refractivity contribution in [2.45, 2.75) is 194 Å². The Morgan fingerprint density at radius 2 is 1.56 bits per heavy atom. The van der Waals surface area contributed by atoms with Crippen LogP contribution in [0.15, 0.2) is 24.3 Å². The van der Waals surface area contributed by atoms with Gasteiger partial charge in [0.1, 0.15) is 36.3 Å². The zero-order chi connectivity index (χ0) is 35.9. The molecule has 0 aromatic carbocycles. The van der Waals surface area contributed by atoms with E-state index in [1.54, 1.807) is 7.11 Å². The van der Waals surface area contributed by atoms with E-state index in [0.29, 0.717) is 25.7 Å². The fourth-order valence-corrected chi connectivity index (χ4v) is 11.3. The molecule has 52 heavy (non-hydrogen) atoms. The number of rotatable bonds is 4. The molecule has 0 aromatic rings. The summed E-state index contributed by atoms with van der Waals surface area (Å²) in [5.74, 6) is -0.619. The molecule has 0 amide bonds. The summed E-state index contributed by atoms with van der Waals surface area (Å²) in [5.41, 5.74) is 8.01. The van der Waals surface area contributed by atoms with E-state index in [-0.39, 0.29) is 122 Å². The van der Waals surface area contributed by atoms with E-state index in [9.17, 15) is 9.90 Å². The third-order valence-electron chi connectivity index (χ3n) is 14.0. The molecule has 0 saturated carbocycles. The second kappa shape index (κ2) is 14.3. The van der Waals surface area contributed by atoms with Crippen LogP contribution in [0.4, 0.5) is 0 Å². The van der Waals surface area contributed by atoms with E-state index in [1.165, 1.54) is 0 Å². The predicted octanol–water partition coefficient (Wildman–Crippen LogP) is 3.44. The van der Waals surface area contributed by atoms with Crippen LogP contribution in [-0.2, 0) is 47.4 Å². The molecule has 10 saturated heterocycles. The number of aliphatic hydroxyl groups excluding tert-OH is 1. The van der Waals surface area contributed by atoms with Gasteiger partial charge in [-0.15, -0.1) is 0 Å². The van der Waals surface area contributed by atoms with Crippen molar-refractivity contribution >= 4 is 5.78 Å². The quantitative estimate of drug-likeness (QED) is 0.409. The van der Waals surface area contributed by atoms with Crippen molar-refractivity contribution in [1.29, 1.82) is 0 Å². The Morgan fingerprint density at radius 3 is 2.38 bits per heavy atom. The van der Waals surface area contributed by atoms with E-state index in [0.717, 1.165) is 56.1 Å². The topological polar surface area (TPSA) is 146 Å². The highest BCUT2D eigenvalue weighted by atomic mass is 16.8. The number of nitrogens with two attached hydrogens (primary N) is 1. The number of hydrogen-bond acceptors (Lipinski definition) is 12. The van der Waals surface area contributed by atoms with Crippen LogP contribution in [0.5, 0.6) is 0 Å². The van der Waals surface area contributed by atoms with Crippen LogP contribution in [0.3, 0.4) is 0 Å². The Balaban J connectivity index is 0.994. The van der Waals surface area contributed by atoms with Crippen LogP contribution < -0.4 is 5.73 Å². The predicted molar refractivity (Wildman–Crippen MR) is 186 cm³/mol. The Hall–Kier alpha value is -1.29. The van der Waals surface area contributed by atoms with Gasteiger partial charge in [0, 0.05) is 58.1 Å². The molecular formula is C40H59NO11. The van der Waals surface area contributed by atoms with Gasteiger partial charge in [-0.25, -0.2) is 0 Å². The highest BCUT2D eigenvalue weighted by Gasteiger charge is 2.68. The first kappa shape index (κ1) is 36.4. The summed E-state index contributed by atoms with van der Waals surface area (Å²) in [7, 11) is 1.66. The van der Waals surface area contributed by atoms with Crippen LogP contribution in [-0.4, -0.2) is 128 Å². The SMILES string of the molecule is C=C1C[C@@H]2CC[C@@]34C[C@H]5O[C@H]6[C@@H](O3)[C@H]3OC(CC[C@@H]3O[C@H]6[C@H]5O4)CC(=O)C[C@@H]3[C@@H](OC)[C@@H](C[C@H](O)CN)O[C@H]3CC3O[C@@H](CCC1O2)C[C@@H](C)C3=C. The maximum absolute atomic E-state index is 14.1. The Labute approximate surface area is 307 Å². The highest BCUT2D eigenvalue weighted by Crippen LogP contribution is 2.54. The first-order valence-electron chi connectivity index (χ1n) is 20.2. The summed E-state index contributed by atoms with van der Waals surface area (Å²) in [6.45, 7) is 11.3. The third kappa shape index (κ3) is 6.59. The minimum Gasteiger partial charge on any atom is -0.392 e. The molecule has 10 aliphatic heterocycles. The molecule has 290 valence electrons. The number of ketones is 1. The highest BCUT2D eigenvalue weighted by molar-refractivity contribution is 5.79. The van der Waals surface area contributed by atoms with Crippen molar-refractivity contribution in [2.75, 3.05) is 13.7 Å². The molecule has 19 atom stereocenters. The summed E-state index contributed by atoms with van der Waals surface area (Å²) in [6.07, 6.45) is 4.85. The molecule has 0 radical (unpaired) electrons. The van der Waals surface area contributed by atoms with Crippen LogP contribution >= 0.6 is 0 Å². The van der Waals surface area contributed by atoms with Crippen molar-refractivity contribution in [1.82, 2.24) is 0 Å². The fraction of sp³-hybridized carbons (Fsp3) is 0.875. The van der Waals surface area contributed by atoms with Gasteiger partial charge in [0.2, 0.25) is 0 Å². The molecule has 10 rings (SSSR count). The number of ether oxygens (including phenoxy) is 9. The average Bonchev–Trinajstić information content (AvgIpc) is 3.79. The van der Waals surface area contributed by atoms with Gasteiger partial charge in [0.25, 0.3) is 0 Å². The van der Waals surface area contributed by atoms with E-state index in [4.69, 9.17) is 48.4 Å². The van der Waals surface area contributed by atoms with E-state index in [2.05, 4.69) is 20.1 Å². The second-order valence-corrected chi connectivity index (χ2v) is 17.4. The van der Waals surface area contributed by atoms with Crippen LogP contribution in [0.1, 0.15) is 90.4 Å². The van der Waals surface area contributed by atoms with Crippen molar-refractivity contribution in [2.24, 2.45) is 17.6 Å². The number of methoxy groups -OCH3 is 1. The van der Waals surface area contributed by atoms with Gasteiger partial charge in [0.05, 0.1) is 67.1 Å². The average molecular weight is 730 g/mol. The monoisotopic (exact) mass is 729 g/mol. The molecule has 12 heteroatoms. The van der Waals surface area contributed by atoms with Gasteiger partial charge in [-0.1, -0.05) is 20.1 Å². The Kier molecular flexibility index (Phi) is 10.0. The minimum atomic E-state index is -0.780. The second-order valence-electron chi connectivity index (χ2n) is 17.4. The maximum Gasteiger partial charge on any atom is 0.172 e. The number of hydrogen-bond donors (Lipinski definition) is 2. The molecule has 10 fully saturated rings. The molecule has 12 bridgehead atoms. The van der Waals surface area contributed by atoms with Gasteiger partial charge < -0.3 is 53.5 Å². The van der Waals surface area contributed by atoms with Gasteiger partial charge >= 0.3 is 0 Å². The minimum absolute atomic E-state index is 0.0158. The fourth-order valence-electron chi connectivity index (χ4n) is 11.3. The van der Waals surface area contributed by atoms with Crippen molar-refractivity contribution in [3.8, 4) is 0 Å². The molecule has 12 nitrogen and oxygen atoms in total. The molecule has 0 aliphatic carbocycles. The zero-order valence-electron chi connectivity index (χ0n) is 30.8. The number of Topliss-reactive ketones (excluding diaryl/α,β-unsaturated/α-hetero) is 1. The van der Waals surface area contributed by atoms with Crippen molar-refractivity contribution in [3.05, 3.63) is 24.3 Å². The lowest BCUT2D eigenvalue weighted by Crippen LogP contribution is -2.61. The van der Waals surface area contributed by atoms with Crippen LogP contribution in [0.25, 0.3) is 0 Å². The van der Waals surface area contributed by atoms with Gasteiger partial charge in [-0.3, -0.25) is 4.79 Å². The van der Waals surface area contributed by atoms with Gasteiger partial charge in [-0.05, 0) is 62.0 Å². The lowest BCUT2D eigenvalue weighted by Gasteiger charge is -2.47. The Bertz CT molecular complexity index is 1380. The van der Waals surface area contributed by atoms with E-state index >= 15 is 0 Å². The first-order chi connectivity index (χ1) is 25.1. The summed E-state index contributed by atoms with van der Waals surface area (Å²) in [6, 6.07) is 0. The van der Waals surface area contributed by atoms with Crippen LogP contribution in [0.2, 0.25) is 0 Å². The van der Waals surface area contributed by atoms with E-state index < -0.39 is 18.0 Å². The molecule has 0 aromatic heterocycles. The van der Waals surface area contributed by atoms with Gasteiger partial charge in [-0.2, -0.15) is 0 Å². The van der Waals surface area contributed by atoms with Crippen LogP contribution in [0, 0.1) is 11.8 Å². The summed E-state index contributed by atoms with van der Waals surface area (Å²) in [4.78, 5) is 14.1. The molecule has 3 unspecified atom stereocenters. The molecular weight excluding hydrogens is 670 g/mol. The number of carbonyl (C=O) groups excluding carboxylic acids is 1. The molecule has 10 aliphatic rings. The largest absolute Gasteiger partial charge is 0.392 e. The number of carbonyl (C=O) groups is 1. The van der Waals surface area contributed by atoms with Crippen molar-refractivity contribution in [3.63, 3.8) is 0 Å². The standard InChI is InChI=1S/C40H59NO11/c1-19-11-24-5-7-28-20(2)12-26(45-28)9-10-40-17-33-36(51-40)37-38(50-33)39(52-40)35-29(49-37)8-6-25(47-35)13-22(42)14-27-31(16-30(46-24)21(19)3)48-32(34(27)44-4)15-23(43)18-41/h19,23-39,43H,2-3,5-18,41H2,1,4H3/t19-,23+,24+,25?,26+,27+,28?,29+,30?,31+,32-,33-,34-,35+,36+,37+,38-,39+,40+/m1/s1. The zero-order valence-corrected chi connectivity index (χ0v) is 30.8. The smallest absolute Gasteiger partial charge is 0.172 e. The molecule has 3 N–H and O–H groups in total. The van der Waals surface area contributed by atoms with Crippen molar-refractivity contribution < 1.29 is 52.5 Å². The maximum atomic E-state index is 14.1. The summed E-state index contributed by atoms with van der Waals surface area (Å²) in [5, 5.41) is 10.5. The third-order valence-corrected chi connectivity index (χ3v) is 14.0. The number of fused-ring (bicyclic) bond motifs is 6.